The number of benzene rings is 10. The van der Waals surface area contributed by atoms with Crippen molar-refractivity contribution < 1.29 is 0 Å². The lowest BCUT2D eigenvalue weighted by Crippen LogP contribution is -2.63. The molecule has 0 saturated heterocycles. The lowest BCUT2D eigenvalue weighted by Gasteiger charge is -2.53. The van der Waals surface area contributed by atoms with Gasteiger partial charge in [0.05, 0.1) is 39.8 Å². The quantitative estimate of drug-likeness (QED) is 0.160. The Morgan fingerprint density at radius 2 is 0.667 bits per heavy atom. The first-order valence-electron chi connectivity index (χ1n) is 27.0. The van der Waals surface area contributed by atoms with E-state index in [1.807, 2.05) is 0 Å². The summed E-state index contributed by atoms with van der Waals surface area (Å²) >= 11 is 0. The highest BCUT2D eigenvalue weighted by atomic mass is 15.2. The molecule has 0 fully saturated rings. The van der Waals surface area contributed by atoms with Crippen molar-refractivity contribution in [1.82, 2.24) is 0 Å². The van der Waals surface area contributed by atoms with E-state index in [0.717, 1.165) is 0 Å². The Morgan fingerprint density at radius 3 is 1.17 bits per heavy atom. The van der Waals surface area contributed by atoms with Crippen LogP contribution in [0.25, 0.3) is 10.8 Å². The number of nitrogens with zero attached hydrogens (tertiary/aromatic N) is 4. The maximum atomic E-state index is 2.74. The van der Waals surface area contributed by atoms with Gasteiger partial charge in [-0.15, -0.1) is 0 Å². The molecule has 0 atom stereocenters. The summed E-state index contributed by atoms with van der Waals surface area (Å²) in [6.45, 7) is 19.6. The third kappa shape index (κ3) is 5.29. The van der Waals surface area contributed by atoms with Gasteiger partial charge < -0.3 is 19.6 Å². The van der Waals surface area contributed by atoms with Crippen LogP contribution in [0.3, 0.4) is 0 Å². The Morgan fingerprint density at radius 1 is 0.280 bits per heavy atom. The number of fused-ring (bicyclic) bond motifs is 14. The van der Waals surface area contributed by atoms with E-state index in [4.69, 9.17) is 0 Å². The highest BCUT2D eigenvalue weighted by molar-refractivity contribution is 7.00. The SMILES string of the molecule is CC1(C)c2ccccc2N(c2ccccc2)c2cc3c(cc21)N1c2cc4ccccc4c4c2B(c2cccc(c21)C3(C)C)c1cccc2c1N4c1cc3c(cc1C2(C)C)N(c1ccccc1)c1ccccc1C3(C)C. The van der Waals surface area contributed by atoms with Crippen molar-refractivity contribution in [3.63, 3.8) is 0 Å². The molecule has 6 heterocycles. The van der Waals surface area contributed by atoms with Gasteiger partial charge in [0, 0.05) is 55.5 Å². The average Bonchev–Trinajstić information content (AvgIpc) is 3.47. The van der Waals surface area contributed by atoms with E-state index < -0.39 is 0 Å². The first kappa shape index (κ1) is 43.2. The van der Waals surface area contributed by atoms with Crippen LogP contribution in [0.15, 0.2) is 200 Å². The molecular weight excluding hydrogens is 908 g/mol. The zero-order chi connectivity index (χ0) is 50.7. The lowest BCUT2D eigenvalue weighted by molar-refractivity contribution is 0.615. The maximum Gasteiger partial charge on any atom is 0.252 e. The minimum absolute atomic E-state index is 0.00995. The van der Waals surface area contributed by atoms with Crippen molar-refractivity contribution in [1.29, 1.82) is 0 Å². The second-order valence-corrected chi connectivity index (χ2v) is 24.1. The third-order valence-corrected chi connectivity index (χ3v) is 18.9. The van der Waals surface area contributed by atoms with Gasteiger partial charge >= 0.3 is 0 Å². The van der Waals surface area contributed by atoms with Crippen LogP contribution in [0, 0.1) is 0 Å². The fourth-order valence-electron chi connectivity index (χ4n) is 15.2. The molecule has 0 amide bonds. The molecule has 16 rings (SSSR count). The van der Waals surface area contributed by atoms with E-state index >= 15 is 0 Å². The fraction of sp³-hybridized carbons (Fsp3) is 0.171. The highest BCUT2D eigenvalue weighted by Crippen LogP contribution is 2.63. The molecule has 0 bridgehead atoms. The van der Waals surface area contributed by atoms with Crippen molar-refractivity contribution in [2.45, 2.75) is 77.0 Å². The summed E-state index contributed by atoms with van der Waals surface area (Å²) in [7, 11) is 0. The van der Waals surface area contributed by atoms with Crippen LogP contribution >= 0.6 is 0 Å². The van der Waals surface area contributed by atoms with E-state index in [-0.39, 0.29) is 28.4 Å². The van der Waals surface area contributed by atoms with Crippen molar-refractivity contribution in [3.8, 4) is 0 Å². The molecule has 75 heavy (non-hydrogen) atoms. The van der Waals surface area contributed by atoms with Crippen molar-refractivity contribution in [2.75, 3.05) is 19.6 Å². The van der Waals surface area contributed by atoms with Gasteiger partial charge in [0.15, 0.2) is 0 Å². The van der Waals surface area contributed by atoms with Gasteiger partial charge in [-0.2, -0.15) is 0 Å². The number of rotatable bonds is 2. The summed E-state index contributed by atoms with van der Waals surface area (Å²) < 4.78 is 0. The van der Waals surface area contributed by atoms with Crippen molar-refractivity contribution in [3.05, 3.63) is 245 Å². The predicted octanol–water partition coefficient (Wildman–Crippen LogP) is 16.4. The van der Waals surface area contributed by atoms with E-state index in [0.29, 0.717) is 0 Å². The van der Waals surface area contributed by atoms with E-state index in [1.54, 1.807) is 0 Å². The average molecular weight is 965 g/mol. The van der Waals surface area contributed by atoms with E-state index in [1.165, 1.54) is 140 Å². The van der Waals surface area contributed by atoms with Crippen molar-refractivity contribution >= 4 is 102 Å². The largest absolute Gasteiger partial charge is 0.311 e. The Hall–Kier alpha value is -8.28. The van der Waals surface area contributed by atoms with Crippen LogP contribution in [0.5, 0.6) is 0 Å². The molecule has 0 radical (unpaired) electrons. The first-order chi connectivity index (χ1) is 36.3. The molecule has 10 aromatic carbocycles. The number of anilines is 12. The van der Waals surface area contributed by atoms with Crippen LogP contribution in [0.1, 0.15) is 99.9 Å². The van der Waals surface area contributed by atoms with Gasteiger partial charge in [0.2, 0.25) is 0 Å². The summed E-state index contributed by atoms with van der Waals surface area (Å²) in [5.41, 5.74) is 28.8. The van der Waals surface area contributed by atoms with Crippen molar-refractivity contribution in [2.24, 2.45) is 0 Å². The van der Waals surface area contributed by atoms with Crippen LogP contribution in [0.4, 0.5) is 68.2 Å². The third-order valence-electron chi connectivity index (χ3n) is 18.9. The van der Waals surface area contributed by atoms with Crippen LogP contribution in [-0.4, -0.2) is 6.71 Å². The van der Waals surface area contributed by atoms with Gasteiger partial charge in [-0.1, -0.05) is 189 Å². The molecule has 0 aromatic heterocycles. The molecule has 0 N–H and O–H groups in total. The molecule has 10 aromatic rings. The summed E-state index contributed by atoms with van der Waals surface area (Å²) in [5.74, 6) is 0. The first-order valence-corrected chi connectivity index (χ1v) is 27.0. The monoisotopic (exact) mass is 964 g/mol. The highest BCUT2D eigenvalue weighted by Gasteiger charge is 2.53. The summed E-state index contributed by atoms with van der Waals surface area (Å²) in [6, 6.07) is 76.6. The smallest absolute Gasteiger partial charge is 0.252 e. The Bertz CT molecular complexity index is 4160. The summed E-state index contributed by atoms with van der Waals surface area (Å²) in [4.78, 5) is 10.5. The van der Waals surface area contributed by atoms with Crippen LogP contribution in [0.2, 0.25) is 0 Å². The molecule has 0 unspecified atom stereocenters. The normalized spacial score (nSPS) is 17.4. The Kier molecular flexibility index (Phi) is 8.23. The fourth-order valence-corrected chi connectivity index (χ4v) is 15.2. The second-order valence-electron chi connectivity index (χ2n) is 24.1. The van der Waals surface area contributed by atoms with E-state index in [2.05, 4.69) is 275 Å². The zero-order valence-corrected chi connectivity index (χ0v) is 43.9. The van der Waals surface area contributed by atoms with Crippen LogP contribution < -0.4 is 36.0 Å². The zero-order valence-electron chi connectivity index (χ0n) is 43.9. The van der Waals surface area contributed by atoms with Gasteiger partial charge in [-0.05, 0) is 133 Å². The maximum absolute atomic E-state index is 2.74. The molecule has 0 spiro atoms. The molecular formula is C70H57BN4. The van der Waals surface area contributed by atoms with Crippen LogP contribution in [-0.2, 0) is 21.7 Å². The second kappa shape index (κ2) is 14.3. The molecule has 0 aliphatic carbocycles. The van der Waals surface area contributed by atoms with Gasteiger partial charge in [-0.3, -0.25) is 0 Å². The summed E-state index contributed by atoms with van der Waals surface area (Å²) in [5, 5.41) is 2.52. The lowest BCUT2D eigenvalue weighted by atomic mass is 9.32. The molecule has 4 nitrogen and oxygen atoms in total. The molecule has 6 aliphatic heterocycles. The Balaban J connectivity index is 1.00. The number of hydrogen-bond acceptors (Lipinski definition) is 4. The molecule has 360 valence electrons. The number of hydrogen-bond donors (Lipinski definition) is 0. The Labute approximate surface area is 441 Å². The summed E-state index contributed by atoms with van der Waals surface area (Å²) in [6.07, 6.45) is 0. The van der Waals surface area contributed by atoms with E-state index in [9.17, 15) is 0 Å². The topological polar surface area (TPSA) is 13.0 Å². The molecule has 6 aliphatic rings. The minimum atomic E-state index is -0.323. The van der Waals surface area contributed by atoms with Gasteiger partial charge in [-0.25, -0.2) is 0 Å². The van der Waals surface area contributed by atoms with Gasteiger partial charge in [0.1, 0.15) is 0 Å². The number of para-hydroxylation sites is 6. The molecule has 0 saturated carbocycles. The standard InChI is InChI=1S/C70H57BN4/c1-67(2)46-29-17-19-35-56(46)72(43-24-11-9-12-25-43)58-38-52-60(40-50(58)67)74-62-37-42-23-15-16-28-45(42)64-63(62)71(54-33-21-31-48(65(54)74)69(52,5)6)55-34-22-32-49-66(55)75(64)61-41-51-59(39-53(61)70(49,7)8)73(44-26-13-10-14-27-44)57-36-20-18-30-47(57)68(51,3)4/h9-41H,1-8H3. The minimum Gasteiger partial charge on any atom is -0.311 e. The molecule has 5 heteroatoms. The van der Waals surface area contributed by atoms with Gasteiger partial charge in [0.25, 0.3) is 6.71 Å². The predicted molar refractivity (Wildman–Crippen MR) is 316 cm³/mol.